The quantitative estimate of drug-likeness (QED) is 0.328. The summed E-state index contributed by atoms with van der Waals surface area (Å²) in [4.78, 5) is 26.7. The monoisotopic (exact) mass is 512 g/mol. The van der Waals surface area contributed by atoms with Crippen LogP contribution in [0.2, 0.25) is 0 Å². The minimum Gasteiger partial charge on any atom is -0.497 e. The van der Waals surface area contributed by atoms with Crippen molar-refractivity contribution in [1.29, 1.82) is 0 Å². The molecular formula is C30H28N2O6. The summed E-state index contributed by atoms with van der Waals surface area (Å²) in [7, 11) is 1.60. The van der Waals surface area contributed by atoms with Crippen molar-refractivity contribution < 1.29 is 28.5 Å². The highest BCUT2D eigenvalue weighted by atomic mass is 16.6. The number of methoxy groups -OCH3 is 1. The molecule has 1 aromatic heterocycles. The second-order valence-electron chi connectivity index (χ2n) is 8.68. The molecule has 1 amide bonds. The molecule has 1 aliphatic rings. The molecule has 5 rings (SSSR count). The van der Waals surface area contributed by atoms with Crippen molar-refractivity contribution in [3.05, 3.63) is 96.3 Å². The van der Waals surface area contributed by atoms with Gasteiger partial charge in [-0.1, -0.05) is 54.6 Å². The fraction of sp³-hybridized carbons (Fsp3) is 0.200. The normalized spacial score (nSPS) is 14.0. The summed E-state index contributed by atoms with van der Waals surface area (Å²) in [5.74, 6) is 0.792. The lowest BCUT2D eigenvalue weighted by atomic mass is 10.1. The van der Waals surface area contributed by atoms with Crippen molar-refractivity contribution in [3.8, 4) is 28.4 Å². The Labute approximate surface area is 220 Å². The Balaban J connectivity index is 1.56. The fourth-order valence-corrected chi connectivity index (χ4v) is 4.35. The molecule has 1 atom stereocenters. The zero-order valence-electron chi connectivity index (χ0n) is 21.2. The topological polar surface area (TPSA) is 88.0 Å². The van der Waals surface area contributed by atoms with Crippen molar-refractivity contribution in [2.45, 2.75) is 19.6 Å². The molecule has 4 aromatic rings. The molecule has 3 aromatic carbocycles. The molecular weight excluding hydrogens is 484 g/mol. The summed E-state index contributed by atoms with van der Waals surface area (Å²) in [6.45, 7) is 2.39. The minimum absolute atomic E-state index is 0.0418. The average Bonchev–Trinajstić information content (AvgIpc) is 3.30. The van der Waals surface area contributed by atoms with E-state index in [1.807, 2.05) is 72.9 Å². The second kappa shape index (κ2) is 11.1. The molecule has 0 fully saturated rings. The van der Waals surface area contributed by atoms with Gasteiger partial charge in [0.2, 0.25) is 6.10 Å². The van der Waals surface area contributed by atoms with E-state index in [1.165, 1.54) is 0 Å². The third-order valence-electron chi connectivity index (χ3n) is 6.19. The van der Waals surface area contributed by atoms with Crippen LogP contribution in [0.4, 0.5) is 5.69 Å². The summed E-state index contributed by atoms with van der Waals surface area (Å²) in [6, 6.07) is 24.4. The number of anilines is 1. The Kier molecular flexibility index (Phi) is 7.31. The number of ether oxygens (including phenoxy) is 4. The van der Waals surface area contributed by atoms with Gasteiger partial charge in [-0.3, -0.25) is 4.79 Å². The lowest BCUT2D eigenvalue weighted by Crippen LogP contribution is -2.40. The van der Waals surface area contributed by atoms with Crippen LogP contribution >= 0.6 is 0 Å². The van der Waals surface area contributed by atoms with Crippen molar-refractivity contribution in [3.63, 3.8) is 0 Å². The molecule has 1 N–H and O–H groups in total. The molecule has 0 radical (unpaired) electrons. The summed E-state index contributed by atoms with van der Waals surface area (Å²) in [5, 5.41) is 2.96. The molecule has 0 bridgehead atoms. The van der Waals surface area contributed by atoms with E-state index in [1.54, 1.807) is 30.7 Å². The number of aromatic nitrogens is 1. The first-order chi connectivity index (χ1) is 18.6. The summed E-state index contributed by atoms with van der Waals surface area (Å²) < 4.78 is 24.2. The molecule has 1 unspecified atom stereocenters. The van der Waals surface area contributed by atoms with E-state index in [-0.39, 0.29) is 18.9 Å². The first kappa shape index (κ1) is 25.0. The standard InChI is InChI=1S/C30H28N2O6/c1-3-36-30(34)28-27(31-29(33)26-19-37-24-11-7-8-12-25(24)38-26)23(21-13-15-22(35-2)16-14-21)18-32(28)17-20-9-5-4-6-10-20/h4-16,18,26H,3,17,19H2,1-2H3,(H,31,33). The van der Waals surface area contributed by atoms with Gasteiger partial charge < -0.3 is 28.8 Å². The molecule has 2 heterocycles. The number of rotatable bonds is 8. The first-order valence-corrected chi connectivity index (χ1v) is 12.3. The zero-order chi connectivity index (χ0) is 26.5. The van der Waals surface area contributed by atoms with E-state index < -0.39 is 18.0 Å². The Morgan fingerprint density at radius 1 is 0.974 bits per heavy atom. The van der Waals surface area contributed by atoms with Crippen LogP contribution in [-0.4, -0.2) is 42.9 Å². The van der Waals surface area contributed by atoms with Crippen molar-refractivity contribution in [1.82, 2.24) is 4.57 Å². The molecule has 194 valence electrons. The van der Waals surface area contributed by atoms with Crippen molar-refractivity contribution in [2.75, 3.05) is 25.6 Å². The lowest BCUT2D eigenvalue weighted by Gasteiger charge is -2.25. The third-order valence-corrected chi connectivity index (χ3v) is 6.19. The van der Waals surface area contributed by atoms with Gasteiger partial charge in [-0.05, 0) is 42.3 Å². The van der Waals surface area contributed by atoms with Gasteiger partial charge in [-0.25, -0.2) is 4.79 Å². The van der Waals surface area contributed by atoms with Gasteiger partial charge in [-0.15, -0.1) is 0 Å². The van der Waals surface area contributed by atoms with Crippen LogP contribution in [0.5, 0.6) is 17.2 Å². The highest BCUT2D eigenvalue weighted by Gasteiger charge is 2.31. The van der Waals surface area contributed by atoms with Gasteiger partial charge in [0.15, 0.2) is 17.2 Å². The van der Waals surface area contributed by atoms with Crippen LogP contribution in [0.15, 0.2) is 85.1 Å². The maximum Gasteiger partial charge on any atom is 0.357 e. The fourth-order valence-electron chi connectivity index (χ4n) is 4.35. The van der Waals surface area contributed by atoms with E-state index in [0.29, 0.717) is 35.0 Å². The molecule has 38 heavy (non-hydrogen) atoms. The van der Waals surface area contributed by atoms with E-state index in [2.05, 4.69) is 5.32 Å². The number of nitrogens with one attached hydrogen (secondary N) is 1. The first-order valence-electron chi connectivity index (χ1n) is 12.3. The molecule has 8 heteroatoms. The molecule has 1 aliphatic heterocycles. The average molecular weight is 513 g/mol. The highest BCUT2D eigenvalue weighted by molar-refractivity contribution is 6.06. The highest BCUT2D eigenvalue weighted by Crippen LogP contribution is 2.36. The second-order valence-corrected chi connectivity index (χ2v) is 8.68. The van der Waals surface area contributed by atoms with E-state index >= 15 is 0 Å². The molecule has 8 nitrogen and oxygen atoms in total. The van der Waals surface area contributed by atoms with Gasteiger partial charge in [-0.2, -0.15) is 0 Å². The van der Waals surface area contributed by atoms with E-state index in [4.69, 9.17) is 18.9 Å². The van der Waals surface area contributed by atoms with Gasteiger partial charge in [0.25, 0.3) is 5.91 Å². The lowest BCUT2D eigenvalue weighted by molar-refractivity contribution is -0.125. The van der Waals surface area contributed by atoms with Crippen LogP contribution in [0, 0.1) is 0 Å². The van der Waals surface area contributed by atoms with Gasteiger partial charge in [0.05, 0.1) is 19.4 Å². The van der Waals surface area contributed by atoms with Gasteiger partial charge in [0.1, 0.15) is 12.4 Å². The number of fused-ring (bicyclic) bond motifs is 1. The Bertz CT molecular complexity index is 1430. The van der Waals surface area contributed by atoms with Crippen molar-refractivity contribution in [2.24, 2.45) is 0 Å². The number of esters is 1. The van der Waals surface area contributed by atoms with E-state index in [0.717, 1.165) is 11.1 Å². The summed E-state index contributed by atoms with van der Waals surface area (Å²) in [5.41, 5.74) is 3.04. The minimum atomic E-state index is -0.902. The number of hydrogen-bond donors (Lipinski definition) is 1. The molecule has 0 spiro atoms. The summed E-state index contributed by atoms with van der Waals surface area (Å²) in [6.07, 6.45) is 0.950. The van der Waals surface area contributed by atoms with Crippen LogP contribution in [0.25, 0.3) is 11.1 Å². The Morgan fingerprint density at radius 2 is 1.68 bits per heavy atom. The number of nitrogens with zero attached hydrogens (tertiary/aromatic N) is 1. The van der Waals surface area contributed by atoms with Crippen LogP contribution < -0.4 is 19.5 Å². The molecule has 0 saturated heterocycles. The third kappa shape index (κ3) is 5.20. The predicted octanol–water partition coefficient (Wildman–Crippen LogP) is 5.17. The van der Waals surface area contributed by atoms with Crippen LogP contribution in [0.1, 0.15) is 23.0 Å². The molecule has 0 aliphatic carbocycles. The SMILES string of the molecule is CCOC(=O)c1c(NC(=O)C2COc3ccccc3O2)c(-c2ccc(OC)cc2)cn1Cc1ccccc1. The number of hydrogen-bond acceptors (Lipinski definition) is 6. The Hall–Kier alpha value is -4.72. The Morgan fingerprint density at radius 3 is 2.39 bits per heavy atom. The number of amides is 1. The number of benzene rings is 3. The largest absolute Gasteiger partial charge is 0.497 e. The number of carbonyl (C=O) groups is 2. The predicted molar refractivity (Wildman–Crippen MR) is 143 cm³/mol. The van der Waals surface area contributed by atoms with Gasteiger partial charge in [0, 0.05) is 18.3 Å². The van der Waals surface area contributed by atoms with Gasteiger partial charge >= 0.3 is 5.97 Å². The zero-order valence-corrected chi connectivity index (χ0v) is 21.2. The smallest absolute Gasteiger partial charge is 0.357 e. The molecule has 0 saturated carbocycles. The van der Waals surface area contributed by atoms with Crippen LogP contribution in [-0.2, 0) is 16.1 Å². The van der Waals surface area contributed by atoms with E-state index in [9.17, 15) is 9.59 Å². The number of para-hydroxylation sites is 2. The maximum absolute atomic E-state index is 13.5. The number of carbonyl (C=O) groups excluding carboxylic acids is 2. The van der Waals surface area contributed by atoms with Crippen LogP contribution in [0.3, 0.4) is 0 Å². The maximum atomic E-state index is 13.5. The summed E-state index contributed by atoms with van der Waals surface area (Å²) >= 11 is 0. The van der Waals surface area contributed by atoms with Crippen molar-refractivity contribution >= 4 is 17.6 Å².